The molecule has 0 spiro atoms. The van der Waals surface area contributed by atoms with E-state index in [1.54, 1.807) is 0 Å². The van der Waals surface area contributed by atoms with Crippen molar-refractivity contribution in [2.75, 3.05) is 0 Å². The van der Waals surface area contributed by atoms with Crippen LogP contribution in [0.15, 0.2) is 24.3 Å². The van der Waals surface area contributed by atoms with Gasteiger partial charge in [0, 0.05) is 12.0 Å². The Morgan fingerprint density at radius 2 is 2.00 bits per heavy atom. The van der Waals surface area contributed by atoms with Crippen molar-refractivity contribution in [3.8, 4) is 0 Å². The van der Waals surface area contributed by atoms with E-state index in [1.165, 1.54) is 0 Å². The van der Waals surface area contributed by atoms with Gasteiger partial charge in [-0.2, -0.15) is 0 Å². The van der Waals surface area contributed by atoms with E-state index in [1.807, 2.05) is 0 Å². The molecule has 0 bridgehead atoms. The maximum Gasteiger partial charge on any atom is 0.331 e. The van der Waals surface area contributed by atoms with Gasteiger partial charge in [0.05, 0.1) is 11.5 Å². The minimum absolute atomic E-state index is 0.108. The lowest BCUT2D eigenvalue weighted by Crippen LogP contribution is -2.15. The van der Waals surface area contributed by atoms with E-state index in [2.05, 4.69) is 13.2 Å². The third-order valence-corrected chi connectivity index (χ3v) is 2.04. The van der Waals surface area contributed by atoms with Crippen LogP contribution in [0.2, 0.25) is 0 Å². The number of carbonyl (C=O) groups is 3. The highest BCUT2D eigenvalue weighted by molar-refractivity contribution is 6.27. The molecule has 1 fully saturated rings. The van der Waals surface area contributed by atoms with Gasteiger partial charge in [-0.25, -0.2) is 4.79 Å². The fourth-order valence-corrected chi connectivity index (χ4v) is 1.18. The van der Waals surface area contributed by atoms with Crippen LogP contribution >= 0.6 is 0 Å². The first-order valence-electron chi connectivity index (χ1n) is 3.63. The first kappa shape index (κ1) is 9.38. The summed E-state index contributed by atoms with van der Waals surface area (Å²) < 4.78 is 0. The summed E-state index contributed by atoms with van der Waals surface area (Å²) in [6.45, 7) is 6.52. The van der Waals surface area contributed by atoms with Crippen LogP contribution in [0.5, 0.6) is 0 Å². The molecule has 1 aliphatic rings. The second-order valence-electron chi connectivity index (χ2n) is 2.85. The lowest BCUT2D eigenvalue weighted by Gasteiger charge is -2.04. The van der Waals surface area contributed by atoms with Gasteiger partial charge in [-0.1, -0.05) is 13.2 Å². The Bertz CT molecular complexity index is 338. The summed E-state index contributed by atoms with van der Waals surface area (Å²) in [4.78, 5) is 32.6. The highest BCUT2D eigenvalue weighted by Gasteiger charge is 2.38. The van der Waals surface area contributed by atoms with E-state index < -0.39 is 23.5 Å². The van der Waals surface area contributed by atoms with E-state index in [0.29, 0.717) is 0 Å². The van der Waals surface area contributed by atoms with E-state index in [4.69, 9.17) is 5.11 Å². The summed E-state index contributed by atoms with van der Waals surface area (Å²) in [7, 11) is 0. The van der Waals surface area contributed by atoms with Crippen LogP contribution < -0.4 is 0 Å². The third-order valence-electron chi connectivity index (χ3n) is 2.04. The number of rotatable bonds is 2. The van der Waals surface area contributed by atoms with E-state index in [9.17, 15) is 14.4 Å². The fraction of sp³-hybridized carbons (Fsp3) is 0.222. The maximum atomic E-state index is 11.2. The largest absolute Gasteiger partial charge is 0.478 e. The summed E-state index contributed by atoms with van der Waals surface area (Å²) in [6.07, 6.45) is -0.108. The summed E-state index contributed by atoms with van der Waals surface area (Å²) in [5, 5.41) is 8.54. The molecule has 1 atom stereocenters. The zero-order valence-corrected chi connectivity index (χ0v) is 6.87. The molecule has 1 saturated carbocycles. The molecule has 1 unspecified atom stereocenters. The van der Waals surface area contributed by atoms with Gasteiger partial charge in [-0.05, 0) is 0 Å². The number of carbonyl (C=O) groups excluding carboxylic acids is 2. The lowest BCUT2D eigenvalue weighted by atomic mass is 9.98. The van der Waals surface area contributed by atoms with Gasteiger partial charge in [0.25, 0.3) is 0 Å². The number of aliphatic carboxylic acids is 1. The molecule has 4 nitrogen and oxygen atoms in total. The van der Waals surface area contributed by atoms with Crippen molar-refractivity contribution in [3.05, 3.63) is 24.3 Å². The van der Waals surface area contributed by atoms with Gasteiger partial charge in [0.15, 0.2) is 11.6 Å². The van der Waals surface area contributed by atoms with Crippen LogP contribution in [0, 0.1) is 5.92 Å². The molecule has 0 heterocycles. The van der Waals surface area contributed by atoms with E-state index >= 15 is 0 Å². The molecule has 1 aliphatic carbocycles. The second kappa shape index (κ2) is 2.97. The number of hydrogen-bond donors (Lipinski definition) is 1. The molecular weight excluding hydrogens is 172 g/mol. The molecule has 0 radical (unpaired) electrons. The molecule has 68 valence electrons. The first-order valence-corrected chi connectivity index (χ1v) is 3.63. The van der Waals surface area contributed by atoms with Gasteiger partial charge < -0.3 is 5.11 Å². The van der Waals surface area contributed by atoms with Gasteiger partial charge in [0.2, 0.25) is 0 Å². The summed E-state index contributed by atoms with van der Waals surface area (Å²) in [6, 6.07) is 0. The van der Waals surface area contributed by atoms with Crippen molar-refractivity contribution in [2.24, 2.45) is 5.92 Å². The molecule has 13 heavy (non-hydrogen) atoms. The average Bonchev–Trinajstić information content (AvgIpc) is 2.31. The summed E-state index contributed by atoms with van der Waals surface area (Å²) >= 11 is 0. The Kier molecular flexibility index (Phi) is 2.14. The predicted octanol–water partition coefficient (Wildman–Crippen LogP) is 0.341. The Labute approximate surface area is 74.6 Å². The van der Waals surface area contributed by atoms with Crippen molar-refractivity contribution in [3.63, 3.8) is 0 Å². The first-order chi connectivity index (χ1) is 5.95. The average molecular weight is 180 g/mol. The normalized spacial score (nSPS) is 22.2. The predicted molar refractivity (Wildman–Crippen MR) is 44.0 cm³/mol. The number of allylic oxidation sites excluding steroid dienone is 1. The number of hydrogen-bond acceptors (Lipinski definition) is 3. The molecule has 0 aromatic rings. The number of carboxylic acids is 1. The van der Waals surface area contributed by atoms with Gasteiger partial charge in [0.1, 0.15) is 0 Å². The highest BCUT2D eigenvalue weighted by Crippen LogP contribution is 2.27. The molecule has 0 saturated heterocycles. The molecule has 1 N–H and O–H groups in total. The molecular formula is C9H8O4. The molecule has 1 rings (SSSR count). The SMILES string of the molecule is C=C1C(=O)CC(C(=C)C(=O)O)C1=O. The van der Waals surface area contributed by atoms with Gasteiger partial charge in [-0.3, -0.25) is 9.59 Å². The minimum atomic E-state index is -1.25. The van der Waals surface area contributed by atoms with Crippen LogP contribution in [-0.4, -0.2) is 22.6 Å². The van der Waals surface area contributed by atoms with Crippen molar-refractivity contribution < 1.29 is 19.5 Å². The number of Topliss-reactive ketones (excluding diaryl/α,β-unsaturated/α-hetero) is 2. The lowest BCUT2D eigenvalue weighted by molar-refractivity contribution is -0.134. The number of ketones is 2. The zero-order valence-electron chi connectivity index (χ0n) is 6.87. The van der Waals surface area contributed by atoms with E-state index in [-0.39, 0.29) is 17.6 Å². The van der Waals surface area contributed by atoms with Crippen molar-refractivity contribution in [1.82, 2.24) is 0 Å². The topological polar surface area (TPSA) is 71.4 Å². The van der Waals surface area contributed by atoms with Gasteiger partial charge >= 0.3 is 5.97 Å². The Morgan fingerprint density at radius 1 is 1.46 bits per heavy atom. The monoisotopic (exact) mass is 180 g/mol. The fourth-order valence-electron chi connectivity index (χ4n) is 1.18. The molecule has 0 aromatic carbocycles. The Morgan fingerprint density at radius 3 is 2.31 bits per heavy atom. The van der Waals surface area contributed by atoms with E-state index in [0.717, 1.165) is 0 Å². The highest BCUT2D eigenvalue weighted by atomic mass is 16.4. The quantitative estimate of drug-likeness (QED) is 0.491. The standard InChI is InChI=1S/C9H8O4/c1-4(9(12)13)6-3-7(10)5(2)8(6)11/h6H,1-3H2,(H,12,13). The zero-order chi connectivity index (χ0) is 10.2. The van der Waals surface area contributed by atoms with Crippen LogP contribution in [-0.2, 0) is 14.4 Å². The van der Waals surface area contributed by atoms with Crippen LogP contribution in [0.1, 0.15) is 6.42 Å². The summed E-state index contributed by atoms with van der Waals surface area (Å²) in [5.74, 6) is -3.06. The van der Waals surface area contributed by atoms with Crippen molar-refractivity contribution >= 4 is 17.5 Å². The second-order valence-corrected chi connectivity index (χ2v) is 2.85. The molecule has 0 aliphatic heterocycles. The minimum Gasteiger partial charge on any atom is -0.478 e. The van der Waals surface area contributed by atoms with Crippen LogP contribution in [0.25, 0.3) is 0 Å². The maximum absolute atomic E-state index is 11.2. The Hall–Kier alpha value is -1.71. The molecule has 4 heteroatoms. The van der Waals surface area contributed by atoms with Crippen LogP contribution in [0.4, 0.5) is 0 Å². The molecule has 0 amide bonds. The van der Waals surface area contributed by atoms with Crippen LogP contribution in [0.3, 0.4) is 0 Å². The summed E-state index contributed by atoms with van der Waals surface area (Å²) in [5.41, 5.74) is -0.357. The Balaban J connectivity index is 2.93. The van der Waals surface area contributed by atoms with Gasteiger partial charge in [-0.15, -0.1) is 0 Å². The number of carboxylic acid groups (broad SMARTS) is 1. The van der Waals surface area contributed by atoms with Crippen molar-refractivity contribution in [1.29, 1.82) is 0 Å². The third kappa shape index (κ3) is 1.42. The van der Waals surface area contributed by atoms with Crippen molar-refractivity contribution in [2.45, 2.75) is 6.42 Å². The smallest absolute Gasteiger partial charge is 0.331 e. The molecule has 0 aromatic heterocycles.